The third kappa shape index (κ3) is 2.78. The van der Waals surface area contributed by atoms with Crippen LogP contribution < -0.4 is 5.32 Å². The minimum absolute atomic E-state index is 0.430. The Bertz CT molecular complexity index is 299. The quantitative estimate of drug-likeness (QED) is 0.823. The molecule has 0 saturated carbocycles. The highest BCUT2D eigenvalue weighted by molar-refractivity contribution is 5.01. The Morgan fingerprint density at radius 3 is 3.07 bits per heavy atom. The van der Waals surface area contributed by atoms with Crippen molar-refractivity contribution in [3.05, 3.63) is 11.9 Å². The van der Waals surface area contributed by atoms with Crippen molar-refractivity contribution in [3.8, 4) is 0 Å². The number of nitrogens with one attached hydrogen (secondary N) is 1. The average molecular weight is 208 g/mol. The minimum atomic E-state index is 0.430. The second kappa shape index (κ2) is 4.75. The summed E-state index contributed by atoms with van der Waals surface area (Å²) in [7, 11) is 0. The molecule has 0 radical (unpaired) electrons. The highest BCUT2D eigenvalue weighted by Crippen LogP contribution is 2.20. The van der Waals surface area contributed by atoms with Crippen molar-refractivity contribution in [2.45, 2.75) is 45.7 Å². The van der Waals surface area contributed by atoms with Gasteiger partial charge in [-0.3, -0.25) is 4.68 Å². The predicted octanol–water partition coefficient (Wildman–Crippen LogP) is 1.75. The first-order valence-electron chi connectivity index (χ1n) is 5.89. The lowest BCUT2D eigenvalue weighted by Crippen LogP contribution is -2.27. The normalized spacial score (nSPS) is 22.2. The molecule has 1 aromatic rings. The van der Waals surface area contributed by atoms with Crippen LogP contribution in [-0.2, 0) is 6.54 Å². The van der Waals surface area contributed by atoms with Crippen LogP contribution >= 0.6 is 0 Å². The van der Waals surface area contributed by atoms with Crippen LogP contribution in [0.3, 0.4) is 0 Å². The maximum absolute atomic E-state index is 4.24. The number of hydrogen-bond acceptors (Lipinski definition) is 3. The molecule has 1 atom stereocenters. The van der Waals surface area contributed by atoms with Gasteiger partial charge in [0, 0.05) is 6.54 Å². The van der Waals surface area contributed by atoms with E-state index in [0.29, 0.717) is 12.0 Å². The first kappa shape index (κ1) is 10.6. The molecule has 1 unspecified atom stereocenters. The van der Waals surface area contributed by atoms with E-state index < -0.39 is 0 Å². The molecule has 1 saturated heterocycles. The van der Waals surface area contributed by atoms with Crippen molar-refractivity contribution < 1.29 is 0 Å². The SMILES string of the molecule is CC(C)Cn1cc(C2CCCCN2)nn1. The van der Waals surface area contributed by atoms with E-state index >= 15 is 0 Å². The Morgan fingerprint density at radius 2 is 2.40 bits per heavy atom. The fourth-order valence-electron chi connectivity index (χ4n) is 2.04. The van der Waals surface area contributed by atoms with Gasteiger partial charge in [-0.15, -0.1) is 5.10 Å². The number of rotatable bonds is 3. The van der Waals surface area contributed by atoms with Crippen LogP contribution in [-0.4, -0.2) is 21.5 Å². The summed E-state index contributed by atoms with van der Waals surface area (Å²) in [4.78, 5) is 0. The van der Waals surface area contributed by atoms with Gasteiger partial charge in [-0.1, -0.05) is 25.5 Å². The smallest absolute Gasteiger partial charge is 0.0996 e. The second-order valence-electron chi connectivity index (χ2n) is 4.76. The van der Waals surface area contributed by atoms with Crippen LogP contribution in [0.1, 0.15) is 44.8 Å². The van der Waals surface area contributed by atoms with Crippen molar-refractivity contribution in [1.29, 1.82) is 0 Å². The molecule has 2 rings (SSSR count). The van der Waals surface area contributed by atoms with Crippen molar-refractivity contribution in [2.75, 3.05) is 6.54 Å². The zero-order valence-corrected chi connectivity index (χ0v) is 9.61. The highest BCUT2D eigenvalue weighted by atomic mass is 15.4. The largest absolute Gasteiger partial charge is 0.309 e. The Kier molecular flexibility index (Phi) is 3.36. The van der Waals surface area contributed by atoms with E-state index in [4.69, 9.17) is 0 Å². The standard InChI is InChI=1S/C11H20N4/c1-9(2)7-15-8-11(13-14-15)10-5-3-4-6-12-10/h8-10,12H,3-7H2,1-2H3. The Morgan fingerprint density at radius 1 is 1.53 bits per heavy atom. The lowest BCUT2D eigenvalue weighted by Gasteiger charge is -2.20. The topological polar surface area (TPSA) is 42.7 Å². The summed E-state index contributed by atoms with van der Waals surface area (Å²) < 4.78 is 1.95. The van der Waals surface area contributed by atoms with Crippen LogP contribution in [0.25, 0.3) is 0 Å². The number of aromatic nitrogens is 3. The maximum Gasteiger partial charge on any atom is 0.0996 e. The van der Waals surface area contributed by atoms with E-state index in [0.717, 1.165) is 18.8 Å². The van der Waals surface area contributed by atoms with Crippen LogP contribution in [0, 0.1) is 5.92 Å². The van der Waals surface area contributed by atoms with Crippen LogP contribution in [0.4, 0.5) is 0 Å². The molecule has 4 heteroatoms. The van der Waals surface area contributed by atoms with Crippen molar-refractivity contribution in [3.63, 3.8) is 0 Å². The lowest BCUT2D eigenvalue weighted by atomic mass is 10.0. The van der Waals surface area contributed by atoms with Gasteiger partial charge in [0.25, 0.3) is 0 Å². The fourth-order valence-corrected chi connectivity index (χ4v) is 2.04. The average Bonchev–Trinajstić information content (AvgIpc) is 2.67. The number of hydrogen-bond donors (Lipinski definition) is 1. The molecule has 1 fully saturated rings. The molecule has 84 valence electrons. The predicted molar refractivity (Wildman–Crippen MR) is 59.5 cm³/mol. The molecule has 1 N–H and O–H groups in total. The lowest BCUT2D eigenvalue weighted by molar-refractivity contribution is 0.405. The van der Waals surface area contributed by atoms with Gasteiger partial charge in [0.2, 0.25) is 0 Å². The summed E-state index contributed by atoms with van der Waals surface area (Å²) in [5, 5.41) is 11.9. The van der Waals surface area contributed by atoms with E-state index in [1.165, 1.54) is 19.3 Å². The Balaban J connectivity index is 1.99. The molecule has 0 aliphatic carbocycles. The van der Waals surface area contributed by atoms with Crippen molar-refractivity contribution in [1.82, 2.24) is 20.3 Å². The molecule has 15 heavy (non-hydrogen) atoms. The first-order chi connectivity index (χ1) is 7.25. The zero-order valence-electron chi connectivity index (χ0n) is 9.61. The van der Waals surface area contributed by atoms with Gasteiger partial charge in [-0.25, -0.2) is 0 Å². The van der Waals surface area contributed by atoms with Gasteiger partial charge < -0.3 is 5.32 Å². The van der Waals surface area contributed by atoms with Gasteiger partial charge in [0.15, 0.2) is 0 Å². The molecule has 2 heterocycles. The van der Waals surface area contributed by atoms with E-state index in [1.807, 2.05) is 4.68 Å². The molecule has 0 spiro atoms. The van der Waals surface area contributed by atoms with E-state index in [1.54, 1.807) is 0 Å². The summed E-state index contributed by atoms with van der Waals surface area (Å²) in [6.07, 6.45) is 5.87. The second-order valence-corrected chi connectivity index (χ2v) is 4.76. The van der Waals surface area contributed by atoms with E-state index in [-0.39, 0.29) is 0 Å². The third-order valence-electron chi connectivity index (χ3n) is 2.78. The molecule has 1 aliphatic heterocycles. The molecule has 1 aliphatic rings. The molecular formula is C11H20N4. The molecule has 0 bridgehead atoms. The van der Waals surface area contributed by atoms with Gasteiger partial charge in [-0.05, 0) is 25.3 Å². The third-order valence-corrected chi connectivity index (χ3v) is 2.78. The fraction of sp³-hybridized carbons (Fsp3) is 0.818. The maximum atomic E-state index is 4.24. The minimum Gasteiger partial charge on any atom is -0.309 e. The Labute approximate surface area is 91.1 Å². The Hall–Kier alpha value is -0.900. The van der Waals surface area contributed by atoms with Crippen LogP contribution in [0.15, 0.2) is 6.20 Å². The summed E-state index contributed by atoms with van der Waals surface area (Å²) in [6, 6.07) is 0.430. The van der Waals surface area contributed by atoms with Crippen molar-refractivity contribution >= 4 is 0 Å². The van der Waals surface area contributed by atoms with E-state index in [9.17, 15) is 0 Å². The zero-order chi connectivity index (χ0) is 10.7. The summed E-state index contributed by atoms with van der Waals surface area (Å²) >= 11 is 0. The molecule has 4 nitrogen and oxygen atoms in total. The first-order valence-corrected chi connectivity index (χ1v) is 5.89. The number of nitrogens with zero attached hydrogens (tertiary/aromatic N) is 3. The van der Waals surface area contributed by atoms with Crippen molar-refractivity contribution in [2.24, 2.45) is 5.92 Å². The van der Waals surface area contributed by atoms with Gasteiger partial charge in [0.1, 0.15) is 0 Å². The summed E-state index contributed by atoms with van der Waals surface area (Å²) in [6.45, 7) is 6.46. The summed E-state index contributed by atoms with van der Waals surface area (Å²) in [5.74, 6) is 0.624. The van der Waals surface area contributed by atoms with Crippen LogP contribution in [0.2, 0.25) is 0 Å². The van der Waals surface area contributed by atoms with Crippen LogP contribution in [0.5, 0.6) is 0 Å². The monoisotopic (exact) mass is 208 g/mol. The molecular weight excluding hydrogens is 188 g/mol. The number of piperidine rings is 1. The summed E-state index contributed by atoms with van der Waals surface area (Å²) in [5.41, 5.74) is 1.11. The molecule has 1 aromatic heterocycles. The van der Waals surface area contributed by atoms with Gasteiger partial charge in [0.05, 0.1) is 17.9 Å². The van der Waals surface area contributed by atoms with Gasteiger partial charge in [-0.2, -0.15) is 0 Å². The van der Waals surface area contributed by atoms with Gasteiger partial charge >= 0.3 is 0 Å². The molecule has 0 amide bonds. The highest BCUT2D eigenvalue weighted by Gasteiger charge is 2.17. The molecule has 0 aromatic carbocycles. The van der Waals surface area contributed by atoms with E-state index in [2.05, 4.69) is 35.7 Å².